The minimum atomic E-state index is -1.24. The molecule has 0 saturated carbocycles. The Bertz CT molecular complexity index is 1650. The quantitative estimate of drug-likeness (QED) is 0.111. The summed E-state index contributed by atoms with van der Waals surface area (Å²) in [5.74, 6) is 0.995. The molecule has 3 heterocycles. The van der Waals surface area contributed by atoms with Gasteiger partial charge in [0.15, 0.2) is 23.2 Å². The van der Waals surface area contributed by atoms with Crippen molar-refractivity contribution in [1.82, 2.24) is 24.8 Å². The minimum Gasteiger partial charge on any atom is -0.497 e. The number of amides is 1. The summed E-state index contributed by atoms with van der Waals surface area (Å²) in [6, 6.07) is 10.1. The molecule has 230 valence electrons. The average Bonchev–Trinajstić information content (AvgIpc) is 3.60. The number of anilines is 1. The van der Waals surface area contributed by atoms with E-state index in [1.54, 1.807) is 41.0 Å². The Labute approximate surface area is 251 Å². The fraction of sp³-hybridized carbons (Fsp3) is 0.310. The number of carbonyl (C=O) groups excluding carboxylic acids is 1. The number of nitrogens with zero attached hydrogens (tertiary/aromatic N) is 5. The van der Waals surface area contributed by atoms with Gasteiger partial charge in [-0.05, 0) is 36.3 Å². The average molecular weight is 606 g/mol. The second kappa shape index (κ2) is 13.0. The zero-order valence-electron chi connectivity index (χ0n) is 24.0. The highest BCUT2D eigenvalue weighted by atomic mass is 16.6. The van der Waals surface area contributed by atoms with Crippen molar-refractivity contribution in [2.75, 3.05) is 26.1 Å². The van der Waals surface area contributed by atoms with Crippen molar-refractivity contribution in [3.05, 3.63) is 82.4 Å². The Kier molecular flexibility index (Phi) is 8.99. The predicted molar refractivity (Wildman–Crippen MR) is 158 cm³/mol. The van der Waals surface area contributed by atoms with Gasteiger partial charge < -0.3 is 35.1 Å². The van der Waals surface area contributed by atoms with Crippen LogP contribution in [0, 0.1) is 10.1 Å². The summed E-state index contributed by atoms with van der Waals surface area (Å²) in [6.07, 6.45) is 2.49. The predicted octanol–water partition coefficient (Wildman–Crippen LogP) is 2.37. The number of nitrogens with one attached hydrogen (secondary N) is 2. The molecular formula is C29H31N7O8. The van der Waals surface area contributed by atoms with Crippen molar-refractivity contribution in [3.63, 3.8) is 0 Å². The summed E-state index contributed by atoms with van der Waals surface area (Å²) in [7, 11) is 3.05. The van der Waals surface area contributed by atoms with E-state index in [0.717, 1.165) is 5.56 Å². The van der Waals surface area contributed by atoms with Crippen LogP contribution in [0.1, 0.15) is 30.3 Å². The van der Waals surface area contributed by atoms with Gasteiger partial charge in [0.1, 0.15) is 36.1 Å². The normalized spacial score (nSPS) is 20.5. The van der Waals surface area contributed by atoms with E-state index in [0.29, 0.717) is 34.0 Å². The first-order chi connectivity index (χ1) is 21.2. The summed E-state index contributed by atoms with van der Waals surface area (Å²) in [5.41, 5.74) is 2.18. The second-order valence-electron chi connectivity index (χ2n) is 10.0. The van der Waals surface area contributed by atoms with E-state index in [-0.39, 0.29) is 11.7 Å². The second-order valence-corrected chi connectivity index (χ2v) is 10.0. The van der Waals surface area contributed by atoms with Crippen molar-refractivity contribution >= 4 is 34.7 Å². The molecule has 0 radical (unpaired) electrons. The molecular weight excluding hydrogens is 574 g/mol. The number of non-ortho nitro benzene ring substituents is 1. The smallest absolute Gasteiger partial charge is 0.269 e. The van der Waals surface area contributed by atoms with Crippen LogP contribution in [0.3, 0.4) is 0 Å². The summed E-state index contributed by atoms with van der Waals surface area (Å²) in [6.45, 7) is 1.39. The lowest BCUT2D eigenvalue weighted by atomic mass is 10.1. The molecule has 4 aromatic rings. The third-order valence-electron chi connectivity index (χ3n) is 7.25. The number of rotatable bonds is 11. The van der Waals surface area contributed by atoms with E-state index in [1.165, 1.54) is 45.1 Å². The standard InChI is InChI=1S/C29H31N7O8/c1-16(18-5-7-19(8-6-18)36(40)41)33-27-25-28(31-14-30-27)35(15-32-25)29-24(26(39)22(13-37)44-29)34-23(38)9-4-17-10-20(42-2)12-21(11-17)43-3/h4-12,14-16,22,24,26,29,37,39H,13H2,1-3H3,(H,34,38)(H,30,31,33)/b9-4+/t16-,22-,24-,26-,29-/m1/s1. The van der Waals surface area contributed by atoms with Crippen LogP contribution in [0.2, 0.25) is 0 Å². The maximum absolute atomic E-state index is 13.0. The molecule has 1 fully saturated rings. The molecule has 4 N–H and O–H groups in total. The van der Waals surface area contributed by atoms with E-state index in [1.807, 2.05) is 6.92 Å². The first kappa shape index (κ1) is 30.3. The molecule has 15 nitrogen and oxygen atoms in total. The Morgan fingerprint density at radius 2 is 1.86 bits per heavy atom. The van der Waals surface area contributed by atoms with Crippen LogP contribution in [0.4, 0.5) is 11.5 Å². The number of aromatic nitrogens is 4. The number of nitro benzene ring substituents is 1. The highest BCUT2D eigenvalue weighted by Gasteiger charge is 2.45. The number of ether oxygens (including phenoxy) is 3. The van der Waals surface area contributed by atoms with Gasteiger partial charge in [0.2, 0.25) is 5.91 Å². The van der Waals surface area contributed by atoms with Crippen LogP contribution in [-0.4, -0.2) is 79.6 Å². The summed E-state index contributed by atoms with van der Waals surface area (Å²) in [4.78, 5) is 36.6. The number of carbonyl (C=O) groups is 1. The number of methoxy groups -OCH3 is 2. The van der Waals surface area contributed by atoms with Gasteiger partial charge in [0, 0.05) is 24.3 Å². The lowest BCUT2D eigenvalue weighted by molar-refractivity contribution is -0.384. The topological polar surface area (TPSA) is 196 Å². The molecule has 15 heteroatoms. The number of aliphatic hydroxyl groups excluding tert-OH is 2. The van der Waals surface area contributed by atoms with Gasteiger partial charge >= 0.3 is 0 Å². The van der Waals surface area contributed by atoms with Crippen molar-refractivity contribution in [2.24, 2.45) is 0 Å². The Hall–Kier alpha value is -5.12. The van der Waals surface area contributed by atoms with Gasteiger partial charge in [0.25, 0.3) is 5.69 Å². The first-order valence-electron chi connectivity index (χ1n) is 13.6. The molecule has 0 bridgehead atoms. The molecule has 1 aliphatic heterocycles. The Morgan fingerprint density at radius 3 is 2.50 bits per heavy atom. The lowest BCUT2D eigenvalue weighted by Gasteiger charge is -2.22. The molecule has 0 unspecified atom stereocenters. The van der Waals surface area contributed by atoms with Crippen LogP contribution in [0.5, 0.6) is 11.5 Å². The number of nitro groups is 1. The highest BCUT2D eigenvalue weighted by Crippen LogP contribution is 2.33. The molecule has 5 atom stereocenters. The van der Waals surface area contributed by atoms with Crippen LogP contribution in [-0.2, 0) is 9.53 Å². The first-order valence-corrected chi connectivity index (χ1v) is 13.6. The highest BCUT2D eigenvalue weighted by molar-refractivity contribution is 5.92. The maximum atomic E-state index is 13.0. The van der Waals surface area contributed by atoms with E-state index in [9.17, 15) is 25.1 Å². The van der Waals surface area contributed by atoms with Crippen molar-refractivity contribution in [3.8, 4) is 11.5 Å². The van der Waals surface area contributed by atoms with Gasteiger partial charge in [-0.3, -0.25) is 19.5 Å². The number of fused-ring (bicyclic) bond motifs is 1. The van der Waals surface area contributed by atoms with Crippen LogP contribution in [0.25, 0.3) is 17.2 Å². The number of hydrogen-bond donors (Lipinski definition) is 4. The van der Waals surface area contributed by atoms with E-state index < -0.39 is 41.9 Å². The van der Waals surface area contributed by atoms with E-state index >= 15 is 0 Å². The number of imidazole rings is 1. The number of hydrogen-bond acceptors (Lipinski definition) is 12. The van der Waals surface area contributed by atoms with Gasteiger partial charge in [-0.15, -0.1) is 0 Å². The summed E-state index contributed by atoms with van der Waals surface area (Å²) in [5, 5.41) is 37.8. The fourth-order valence-corrected chi connectivity index (χ4v) is 4.92. The van der Waals surface area contributed by atoms with Crippen molar-refractivity contribution in [2.45, 2.75) is 37.4 Å². The van der Waals surface area contributed by atoms with Gasteiger partial charge in [-0.2, -0.15) is 0 Å². The van der Waals surface area contributed by atoms with Gasteiger partial charge in [0.05, 0.1) is 38.1 Å². The molecule has 2 aromatic carbocycles. The Morgan fingerprint density at radius 1 is 1.16 bits per heavy atom. The van der Waals surface area contributed by atoms with Crippen molar-refractivity contribution in [1.29, 1.82) is 0 Å². The van der Waals surface area contributed by atoms with Crippen LogP contribution in [0.15, 0.2) is 61.2 Å². The molecule has 2 aromatic heterocycles. The van der Waals surface area contributed by atoms with Crippen LogP contribution < -0.4 is 20.1 Å². The van der Waals surface area contributed by atoms with E-state index in [2.05, 4.69) is 25.6 Å². The zero-order valence-corrected chi connectivity index (χ0v) is 24.0. The molecule has 1 amide bonds. The maximum Gasteiger partial charge on any atom is 0.269 e. The monoisotopic (exact) mass is 605 g/mol. The molecule has 0 aliphatic carbocycles. The Balaban J connectivity index is 1.37. The van der Waals surface area contributed by atoms with E-state index in [4.69, 9.17) is 14.2 Å². The summed E-state index contributed by atoms with van der Waals surface area (Å²) >= 11 is 0. The molecule has 5 rings (SSSR count). The zero-order chi connectivity index (χ0) is 31.4. The van der Waals surface area contributed by atoms with Gasteiger partial charge in [-0.1, -0.05) is 12.1 Å². The van der Waals surface area contributed by atoms with Crippen LogP contribution >= 0.6 is 0 Å². The van der Waals surface area contributed by atoms with Crippen molar-refractivity contribution < 1.29 is 34.1 Å². The minimum absolute atomic E-state index is 0.0123. The summed E-state index contributed by atoms with van der Waals surface area (Å²) < 4.78 is 18.0. The molecule has 1 aliphatic rings. The lowest BCUT2D eigenvalue weighted by Crippen LogP contribution is -2.46. The number of benzene rings is 2. The third kappa shape index (κ3) is 6.29. The molecule has 1 saturated heterocycles. The third-order valence-corrected chi connectivity index (χ3v) is 7.25. The fourth-order valence-electron chi connectivity index (χ4n) is 4.92. The largest absolute Gasteiger partial charge is 0.497 e. The number of aliphatic hydroxyl groups is 2. The molecule has 44 heavy (non-hydrogen) atoms. The molecule has 0 spiro atoms. The van der Waals surface area contributed by atoms with Gasteiger partial charge in [-0.25, -0.2) is 15.0 Å². The SMILES string of the molecule is COc1cc(/C=C/C(=O)N[C@@H]2[C@H](O)[C@@H](CO)O[C@H]2n2cnc3c(N[C@H](C)c4ccc([N+](=O)[O-])cc4)ncnc32)cc(OC)c1.